The van der Waals surface area contributed by atoms with Gasteiger partial charge in [0.05, 0.1) is 4.90 Å². The molecule has 0 spiro atoms. The van der Waals surface area contributed by atoms with Crippen molar-refractivity contribution < 1.29 is 13.2 Å². The highest BCUT2D eigenvalue weighted by atomic mass is 79.9. The van der Waals surface area contributed by atoms with Crippen molar-refractivity contribution in [2.24, 2.45) is 0 Å². The number of nitrogens with zero attached hydrogens (tertiary/aromatic N) is 1. The number of nitrogen functional groups attached to an aromatic ring is 1. The van der Waals surface area contributed by atoms with E-state index in [0.717, 1.165) is 12.8 Å². The Hall–Kier alpha value is -0.630. The highest BCUT2D eigenvalue weighted by Crippen LogP contribution is 2.30. The second-order valence-corrected chi connectivity index (χ2v) is 7.86. The molecule has 0 radical (unpaired) electrons. The summed E-state index contributed by atoms with van der Waals surface area (Å²) in [6.45, 7) is 2.93. The van der Waals surface area contributed by atoms with E-state index < -0.39 is 10.0 Å². The fourth-order valence-corrected chi connectivity index (χ4v) is 4.66. The van der Waals surface area contributed by atoms with Gasteiger partial charge in [0, 0.05) is 36.5 Å². The molecule has 112 valence electrons. The quantitative estimate of drug-likeness (QED) is 0.836. The van der Waals surface area contributed by atoms with E-state index in [4.69, 9.17) is 10.5 Å². The van der Waals surface area contributed by atoms with E-state index in [1.54, 1.807) is 26.1 Å². The van der Waals surface area contributed by atoms with Gasteiger partial charge in [0.1, 0.15) is 0 Å². The predicted octanol–water partition coefficient (Wildman–Crippen LogP) is 2.14. The van der Waals surface area contributed by atoms with Crippen LogP contribution >= 0.6 is 15.9 Å². The van der Waals surface area contributed by atoms with Crippen molar-refractivity contribution in [3.05, 3.63) is 22.2 Å². The lowest BCUT2D eigenvalue weighted by Gasteiger charge is -2.31. The maximum absolute atomic E-state index is 12.8. The minimum atomic E-state index is -3.55. The molecule has 0 aliphatic carbocycles. The molecule has 1 aliphatic heterocycles. The van der Waals surface area contributed by atoms with Crippen LogP contribution < -0.4 is 5.73 Å². The number of nitrogens with two attached hydrogens (primary N) is 1. The van der Waals surface area contributed by atoms with Crippen molar-refractivity contribution in [1.82, 2.24) is 4.31 Å². The normalized spacial score (nSPS) is 17.6. The van der Waals surface area contributed by atoms with E-state index in [9.17, 15) is 8.42 Å². The molecule has 2 rings (SSSR count). The van der Waals surface area contributed by atoms with Crippen LogP contribution in [0.3, 0.4) is 0 Å². The van der Waals surface area contributed by atoms with Crippen LogP contribution in [0.1, 0.15) is 18.4 Å². The third-order valence-corrected chi connectivity index (χ3v) is 6.22. The van der Waals surface area contributed by atoms with Crippen molar-refractivity contribution >= 4 is 31.6 Å². The topological polar surface area (TPSA) is 72.6 Å². The van der Waals surface area contributed by atoms with Crippen LogP contribution in [-0.2, 0) is 14.8 Å². The average molecular weight is 363 g/mol. The van der Waals surface area contributed by atoms with E-state index in [0.29, 0.717) is 28.9 Å². The fraction of sp³-hybridized carbons (Fsp3) is 0.538. The van der Waals surface area contributed by atoms with Crippen molar-refractivity contribution in [2.75, 3.05) is 26.0 Å². The number of hydrogen-bond acceptors (Lipinski definition) is 4. The maximum atomic E-state index is 12.8. The summed E-state index contributed by atoms with van der Waals surface area (Å²) in [4.78, 5) is 0.262. The first kappa shape index (κ1) is 15.8. The van der Waals surface area contributed by atoms with Gasteiger partial charge in [-0.25, -0.2) is 8.42 Å². The Morgan fingerprint density at radius 2 is 1.95 bits per heavy atom. The van der Waals surface area contributed by atoms with Crippen molar-refractivity contribution in [3.63, 3.8) is 0 Å². The molecule has 1 heterocycles. The van der Waals surface area contributed by atoms with Crippen molar-refractivity contribution in [3.8, 4) is 0 Å². The van der Waals surface area contributed by atoms with Gasteiger partial charge in [-0.3, -0.25) is 0 Å². The van der Waals surface area contributed by atoms with Gasteiger partial charge in [-0.15, -0.1) is 0 Å². The number of halogens is 1. The second kappa shape index (κ2) is 6.01. The summed E-state index contributed by atoms with van der Waals surface area (Å²) < 4.78 is 32.9. The van der Waals surface area contributed by atoms with Gasteiger partial charge in [0.25, 0.3) is 0 Å². The van der Waals surface area contributed by atoms with Crippen LogP contribution in [-0.4, -0.2) is 39.0 Å². The molecule has 5 nitrogen and oxygen atoms in total. The first-order valence-electron chi connectivity index (χ1n) is 6.45. The fourth-order valence-electron chi connectivity index (χ4n) is 2.34. The molecule has 0 amide bonds. The van der Waals surface area contributed by atoms with Crippen molar-refractivity contribution in [2.45, 2.75) is 30.7 Å². The number of sulfonamides is 1. The molecule has 1 saturated heterocycles. The van der Waals surface area contributed by atoms with Crippen molar-refractivity contribution in [1.29, 1.82) is 0 Å². The Balaban J connectivity index is 2.39. The van der Waals surface area contributed by atoms with Gasteiger partial charge in [-0.05, 0) is 37.5 Å². The van der Waals surface area contributed by atoms with Gasteiger partial charge in [0.2, 0.25) is 10.0 Å². The number of rotatable bonds is 3. The van der Waals surface area contributed by atoms with Gasteiger partial charge in [-0.2, -0.15) is 4.31 Å². The molecule has 0 bridgehead atoms. The predicted molar refractivity (Wildman–Crippen MR) is 82.1 cm³/mol. The third kappa shape index (κ3) is 3.00. The Morgan fingerprint density at radius 3 is 2.55 bits per heavy atom. The summed E-state index contributed by atoms with van der Waals surface area (Å²) >= 11 is 3.30. The summed E-state index contributed by atoms with van der Waals surface area (Å²) in [5.74, 6) is 0. The monoisotopic (exact) mass is 362 g/mol. The zero-order valence-corrected chi connectivity index (χ0v) is 14.0. The van der Waals surface area contributed by atoms with Crippen LogP contribution in [0, 0.1) is 6.92 Å². The van der Waals surface area contributed by atoms with E-state index >= 15 is 0 Å². The molecule has 0 aromatic heterocycles. The highest BCUT2D eigenvalue weighted by Gasteiger charge is 2.31. The molecular weight excluding hydrogens is 344 g/mol. The first-order valence-corrected chi connectivity index (χ1v) is 8.68. The van der Waals surface area contributed by atoms with Gasteiger partial charge >= 0.3 is 0 Å². The third-order valence-electron chi connectivity index (χ3n) is 3.73. The molecule has 20 heavy (non-hydrogen) atoms. The van der Waals surface area contributed by atoms with Gasteiger partial charge in [0.15, 0.2) is 0 Å². The molecule has 2 N–H and O–H groups in total. The smallest absolute Gasteiger partial charge is 0.243 e. The van der Waals surface area contributed by atoms with E-state index in [1.807, 2.05) is 0 Å². The SMILES string of the molecule is Cc1c(N)cc(Br)cc1S(=O)(=O)N(C)C1CCOCC1. The molecule has 7 heteroatoms. The molecule has 0 atom stereocenters. The average Bonchev–Trinajstić information content (AvgIpc) is 2.42. The van der Waals surface area contributed by atoms with E-state index in [-0.39, 0.29) is 10.9 Å². The van der Waals surface area contributed by atoms with Crippen LogP contribution in [0.25, 0.3) is 0 Å². The Morgan fingerprint density at radius 1 is 1.35 bits per heavy atom. The Labute approximate surface area is 128 Å². The molecule has 1 aromatic carbocycles. The molecule has 0 saturated carbocycles. The lowest BCUT2D eigenvalue weighted by molar-refractivity contribution is 0.0632. The molecular formula is C13H19BrN2O3S. The van der Waals surface area contributed by atoms with E-state index in [2.05, 4.69) is 15.9 Å². The summed E-state index contributed by atoms with van der Waals surface area (Å²) in [5, 5.41) is 0. The van der Waals surface area contributed by atoms with Gasteiger partial charge in [-0.1, -0.05) is 15.9 Å². The van der Waals surface area contributed by atoms with Crippen LogP contribution in [0.5, 0.6) is 0 Å². The summed E-state index contributed by atoms with van der Waals surface area (Å²) in [5.41, 5.74) is 6.92. The lowest BCUT2D eigenvalue weighted by atomic mass is 10.1. The minimum absolute atomic E-state index is 0.0200. The van der Waals surface area contributed by atoms with Crippen LogP contribution in [0.4, 0.5) is 5.69 Å². The summed E-state index contributed by atoms with van der Waals surface area (Å²) in [6, 6.07) is 3.30. The number of ether oxygens (including phenoxy) is 1. The number of benzene rings is 1. The number of hydrogen-bond donors (Lipinski definition) is 1. The standard InChI is InChI=1S/C13H19BrN2O3S/c1-9-12(15)7-10(14)8-13(9)20(17,18)16(2)11-3-5-19-6-4-11/h7-8,11H,3-6,15H2,1-2H3. The Kier molecular flexibility index (Phi) is 4.73. The highest BCUT2D eigenvalue weighted by molar-refractivity contribution is 9.10. The second-order valence-electron chi connectivity index (χ2n) is 4.98. The minimum Gasteiger partial charge on any atom is -0.398 e. The van der Waals surface area contributed by atoms with E-state index in [1.165, 1.54) is 4.31 Å². The maximum Gasteiger partial charge on any atom is 0.243 e. The zero-order valence-electron chi connectivity index (χ0n) is 11.6. The molecule has 1 aromatic rings. The van der Waals surface area contributed by atoms with Crippen LogP contribution in [0.2, 0.25) is 0 Å². The Bertz CT molecular complexity index is 598. The largest absolute Gasteiger partial charge is 0.398 e. The zero-order chi connectivity index (χ0) is 14.9. The molecule has 0 unspecified atom stereocenters. The summed E-state index contributed by atoms with van der Waals surface area (Å²) in [7, 11) is -1.92. The number of anilines is 1. The molecule has 1 fully saturated rings. The molecule has 1 aliphatic rings. The first-order chi connectivity index (χ1) is 9.34. The van der Waals surface area contributed by atoms with Gasteiger partial charge < -0.3 is 10.5 Å². The lowest BCUT2D eigenvalue weighted by Crippen LogP contribution is -2.40. The summed E-state index contributed by atoms with van der Waals surface area (Å²) in [6.07, 6.45) is 1.44. The van der Waals surface area contributed by atoms with Crippen LogP contribution in [0.15, 0.2) is 21.5 Å².